The lowest BCUT2D eigenvalue weighted by Gasteiger charge is -2.10. The lowest BCUT2D eigenvalue weighted by molar-refractivity contribution is -0.121. The van der Waals surface area contributed by atoms with Crippen LogP contribution in [-0.2, 0) is 4.79 Å². The van der Waals surface area contributed by atoms with E-state index in [4.69, 9.17) is 4.74 Å². The zero-order chi connectivity index (χ0) is 16.8. The van der Waals surface area contributed by atoms with Crippen LogP contribution in [0, 0.1) is 13.8 Å². The summed E-state index contributed by atoms with van der Waals surface area (Å²) in [6.45, 7) is 3.63. The third kappa shape index (κ3) is 5.41. The van der Waals surface area contributed by atoms with Crippen LogP contribution in [0.1, 0.15) is 11.1 Å². The molecule has 2 rings (SSSR count). The minimum absolute atomic E-state index is 0.234. The lowest BCUT2D eigenvalue weighted by Crippen LogP contribution is -2.37. The van der Waals surface area contributed by atoms with Crippen molar-refractivity contribution < 1.29 is 14.3 Å². The van der Waals surface area contributed by atoms with Crippen molar-refractivity contribution in [1.29, 1.82) is 0 Å². The Morgan fingerprint density at radius 2 is 1.78 bits per heavy atom. The number of rotatable bonds is 4. The van der Waals surface area contributed by atoms with Gasteiger partial charge in [0.15, 0.2) is 6.61 Å². The molecule has 2 N–H and O–H groups in total. The summed E-state index contributed by atoms with van der Waals surface area (Å²) in [5.74, 6) is 0.0355. The third-order valence-electron chi connectivity index (χ3n) is 3.07. The van der Waals surface area contributed by atoms with E-state index in [-0.39, 0.29) is 6.61 Å². The highest BCUT2D eigenvalue weighted by molar-refractivity contribution is 9.10. The summed E-state index contributed by atoms with van der Waals surface area (Å²) in [5, 5.41) is 4.87. The van der Waals surface area contributed by atoms with Gasteiger partial charge in [-0.1, -0.05) is 33.6 Å². The number of nitrogens with one attached hydrogen (secondary N) is 2. The van der Waals surface area contributed by atoms with Crippen LogP contribution in [-0.4, -0.2) is 18.5 Å². The van der Waals surface area contributed by atoms with Gasteiger partial charge in [-0.15, -0.1) is 0 Å². The number of imide groups is 1. The number of halogens is 1. The molecule has 0 saturated carbocycles. The molecule has 0 unspecified atom stereocenters. The number of carbonyl (C=O) groups is 2. The molecule has 6 heteroatoms. The number of hydrogen-bond donors (Lipinski definition) is 2. The quantitative estimate of drug-likeness (QED) is 0.852. The Morgan fingerprint density at radius 3 is 2.43 bits per heavy atom. The van der Waals surface area contributed by atoms with Gasteiger partial charge in [-0.05, 0) is 49.7 Å². The highest BCUT2D eigenvalue weighted by atomic mass is 79.9. The first kappa shape index (κ1) is 17.0. The maximum Gasteiger partial charge on any atom is 0.325 e. The minimum atomic E-state index is -0.582. The van der Waals surface area contributed by atoms with E-state index < -0.39 is 11.9 Å². The molecular weight excluding hydrogens is 360 g/mol. The molecule has 2 aromatic rings. The largest absolute Gasteiger partial charge is 0.484 e. The molecule has 0 aliphatic heterocycles. The van der Waals surface area contributed by atoms with E-state index in [2.05, 4.69) is 26.6 Å². The van der Waals surface area contributed by atoms with Crippen LogP contribution < -0.4 is 15.4 Å². The van der Waals surface area contributed by atoms with E-state index in [1.165, 1.54) is 0 Å². The maximum atomic E-state index is 11.8. The summed E-state index contributed by atoms with van der Waals surface area (Å²) in [6, 6.07) is 12.1. The van der Waals surface area contributed by atoms with Crippen molar-refractivity contribution in [3.8, 4) is 5.75 Å². The Hall–Kier alpha value is -2.34. The number of ether oxygens (including phenoxy) is 1. The topological polar surface area (TPSA) is 67.4 Å². The predicted molar refractivity (Wildman–Crippen MR) is 92.7 cm³/mol. The average molecular weight is 377 g/mol. The molecule has 23 heavy (non-hydrogen) atoms. The zero-order valence-electron chi connectivity index (χ0n) is 12.9. The van der Waals surface area contributed by atoms with Gasteiger partial charge in [0.1, 0.15) is 5.75 Å². The van der Waals surface area contributed by atoms with Crippen LogP contribution in [0.3, 0.4) is 0 Å². The molecule has 0 fully saturated rings. The second kappa shape index (κ2) is 7.78. The van der Waals surface area contributed by atoms with E-state index in [0.29, 0.717) is 11.4 Å². The first-order valence-corrected chi connectivity index (χ1v) is 7.80. The molecule has 0 atom stereocenters. The highest BCUT2D eigenvalue weighted by Gasteiger charge is 2.10. The molecule has 0 spiro atoms. The molecule has 0 saturated heterocycles. The molecule has 5 nitrogen and oxygen atoms in total. The van der Waals surface area contributed by atoms with E-state index in [1.54, 1.807) is 30.3 Å². The molecule has 0 aliphatic rings. The van der Waals surface area contributed by atoms with Crippen molar-refractivity contribution >= 4 is 33.6 Å². The Balaban J connectivity index is 1.82. The summed E-state index contributed by atoms with van der Waals surface area (Å²) >= 11 is 3.31. The molecule has 0 heterocycles. The summed E-state index contributed by atoms with van der Waals surface area (Å²) < 4.78 is 6.22. The van der Waals surface area contributed by atoms with Crippen LogP contribution in [0.4, 0.5) is 10.5 Å². The van der Waals surface area contributed by atoms with Crippen molar-refractivity contribution in [3.63, 3.8) is 0 Å². The van der Waals surface area contributed by atoms with Crippen molar-refractivity contribution in [2.75, 3.05) is 11.9 Å². The number of benzene rings is 2. The minimum Gasteiger partial charge on any atom is -0.484 e. The first-order chi connectivity index (χ1) is 10.9. The Bertz CT molecular complexity index is 714. The monoisotopic (exact) mass is 376 g/mol. The molecule has 2 aromatic carbocycles. The zero-order valence-corrected chi connectivity index (χ0v) is 14.4. The number of urea groups is 1. The van der Waals surface area contributed by atoms with Gasteiger partial charge in [-0.2, -0.15) is 0 Å². The number of anilines is 1. The fraction of sp³-hybridized carbons (Fsp3) is 0.176. The van der Waals surface area contributed by atoms with Gasteiger partial charge in [0.05, 0.1) is 0 Å². The van der Waals surface area contributed by atoms with Crippen LogP contribution in [0.25, 0.3) is 0 Å². The van der Waals surface area contributed by atoms with Gasteiger partial charge in [0.2, 0.25) is 0 Å². The first-order valence-electron chi connectivity index (χ1n) is 7.00. The fourth-order valence-electron chi connectivity index (χ4n) is 1.95. The molecule has 0 aliphatic carbocycles. The molecule has 120 valence electrons. The highest BCUT2D eigenvalue weighted by Crippen LogP contribution is 2.16. The Morgan fingerprint density at radius 1 is 1.09 bits per heavy atom. The van der Waals surface area contributed by atoms with Crippen LogP contribution in [0.15, 0.2) is 46.9 Å². The summed E-state index contributed by atoms with van der Waals surface area (Å²) in [6.07, 6.45) is 0. The second-order valence-corrected chi connectivity index (χ2v) is 5.98. The summed E-state index contributed by atoms with van der Waals surface area (Å²) in [7, 11) is 0. The van der Waals surface area contributed by atoms with Crippen molar-refractivity contribution in [3.05, 3.63) is 58.1 Å². The van der Waals surface area contributed by atoms with Gasteiger partial charge in [0, 0.05) is 10.2 Å². The van der Waals surface area contributed by atoms with E-state index in [9.17, 15) is 9.59 Å². The van der Waals surface area contributed by atoms with Crippen LogP contribution in [0.5, 0.6) is 5.75 Å². The number of amides is 3. The van der Waals surface area contributed by atoms with Gasteiger partial charge in [0.25, 0.3) is 5.91 Å². The smallest absolute Gasteiger partial charge is 0.325 e. The predicted octanol–water partition coefficient (Wildman–Crippen LogP) is 3.79. The average Bonchev–Trinajstić information content (AvgIpc) is 2.49. The van der Waals surface area contributed by atoms with Crippen LogP contribution in [0.2, 0.25) is 0 Å². The lowest BCUT2D eigenvalue weighted by atomic mass is 10.1. The van der Waals surface area contributed by atoms with E-state index >= 15 is 0 Å². The number of carbonyl (C=O) groups excluding carboxylic acids is 2. The number of aryl methyl sites for hydroxylation is 2. The van der Waals surface area contributed by atoms with Crippen LogP contribution >= 0.6 is 15.9 Å². The molecule has 3 amide bonds. The molecule has 0 aromatic heterocycles. The Kier molecular flexibility index (Phi) is 5.76. The van der Waals surface area contributed by atoms with E-state index in [0.717, 1.165) is 15.6 Å². The van der Waals surface area contributed by atoms with Gasteiger partial charge in [-0.25, -0.2) is 4.79 Å². The molecule has 0 bridgehead atoms. The van der Waals surface area contributed by atoms with Crippen molar-refractivity contribution in [1.82, 2.24) is 5.32 Å². The second-order valence-electron chi connectivity index (χ2n) is 5.06. The van der Waals surface area contributed by atoms with Crippen molar-refractivity contribution in [2.24, 2.45) is 0 Å². The van der Waals surface area contributed by atoms with Crippen molar-refractivity contribution in [2.45, 2.75) is 13.8 Å². The summed E-state index contributed by atoms with van der Waals surface area (Å²) in [4.78, 5) is 23.5. The summed E-state index contributed by atoms with van der Waals surface area (Å²) in [5.41, 5.74) is 2.70. The fourth-order valence-corrected chi connectivity index (χ4v) is 2.21. The van der Waals surface area contributed by atoms with E-state index in [1.807, 2.05) is 26.0 Å². The molecular formula is C17H17BrN2O3. The Labute approximate surface area is 143 Å². The molecule has 0 radical (unpaired) electrons. The third-order valence-corrected chi connectivity index (χ3v) is 3.60. The normalized spacial score (nSPS) is 10.0. The number of hydrogen-bond acceptors (Lipinski definition) is 3. The van der Waals surface area contributed by atoms with Gasteiger partial charge >= 0.3 is 6.03 Å². The SMILES string of the molecule is Cc1ccc(NC(=O)NC(=O)COc2ccc(Br)cc2)c(C)c1. The maximum absolute atomic E-state index is 11.8. The standard InChI is InChI=1S/C17H17BrN2O3/c1-11-3-8-15(12(2)9-11)19-17(22)20-16(21)10-23-14-6-4-13(18)5-7-14/h3-9H,10H2,1-2H3,(H2,19,20,21,22). The van der Waals surface area contributed by atoms with Gasteiger partial charge in [-0.3, -0.25) is 10.1 Å². The van der Waals surface area contributed by atoms with Gasteiger partial charge < -0.3 is 10.1 Å².